The molecule has 3 fully saturated rings. The standard InChI is InChI=1S/C24H40O16/c1-6-10(5-11(21(33)34-6)39-22-18(31)15(28)12(25)7(2)35-22)38-24-20(17(30)14(27)9(4)37-24)40-23-19(32)16(29)13(26)8(3)36-23/h5-10,12-33H,1-4H3/t6-,7-,8-,9-,10+,12-,13+,14+,15+,16+,17+,18-,19-,20-,21+,22+,23+,24+/m1/s1. The summed E-state index contributed by atoms with van der Waals surface area (Å²) in [5.74, 6) is -0.248. The van der Waals surface area contributed by atoms with Gasteiger partial charge in [-0.3, -0.25) is 0 Å². The van der Waals surface area contributed by atoms with E-state index in [9.17, 15) is 46.0 Å². The summed E-state index contributed by atoms with van der Waals surface area (Å²) in [5.41, 5.74) is 0. The van der Waals surface area contributed by atoms with Gasteiger partial charge in [0.15, 0.2) is 18.3 Å². The maximum absolute atomic E-state index is 10.8. The molecule has 16 heteroatoms. The molecule has 4 aliphatic rings. The molecule has 0 radical (unpaired) electrons. The Morgan fingerprint density at radius 3 is 1.55 bits per heavy atom. The fraction of sp³-hybridized carbons (Fsp3) is 0.917. The molecule has 3 saturated heterocycles. The SMILES string of the molecule is C[C@H]1O[C@@H](O[C@H]2[C@H](O[C@H]3C=C(O[C@@H]4O[C@H](C)[C@@H](O)[C@H](O)[C@H]4O)[C@@H](O)O[C@@H]3C)O[C@H](C)[C@H](O)[C@@H]2O)[C@H](O)[C@@H](O)[C@H]1O. The first-order valence-electron chi connectivity index (χ1n) is 13.1. The summed E-state index contributed by atoms with van der Waals surface area (Å²) >= 11 is 0. The highest BCUT2D eigenvalue weighted by Crippen LogP contribution is 2.33. The summed E-state index contributed by atoms with van der Waals surface area (Å²) in [6, 6.07) is 0. The summed E-state index contributed by atoms with van der Waals surface area (Å²) in [6.07, 6.45) is -23.2. The van der Waals surface area contributed by atoms with Crippen LogP contribution in [0.3, 0.4) is 0 Å². The van der Waals surface area contributed by atoms with Crippen LogP contribution in [0.25, 0.3) is 0 Å². The van der Waals surface area contributed by atoms with Gasteiger partial charge < -0.3 is 79.1 Å². The van der Waals surface area contributed by atoms with Gasteiger partial charge in [-0.1, -0.05) is 0 Å². The first-order chi connectivity index (χ1) is 18.7. The smallest absolute Gasteiger partial charge is 0.228 e. The van der Waals surface area contributed by atoms with Crippen molar-refractivity contribution in [2.24, 2.45) is 0 Å². The third-order valence-electron chi connectivity index (χ3n) is 7.61. The van der Waals surface area contributed by atoms with Crippen molar-refractivity contribution in [3.05, 3.63) is 11.8 Å². The van der Waals surface area contributed by atoms with Crippen LogP contribution in [0.5, 0.6) is 0 Å². The van der Waals surface area contributed by atoms with Crippen molar-refractivity contribution in [3.63, 3.8) is 0 Å². The van der Waals surface area contributed by atoms with Crippen molar-refractivity contribution < 1.29 is 79.1 Å². The Morgan fingerprint density at radius 2 is 0.975 bits per heavy atom. The highest BCUT2D eigenvalue weighted by molar-refractivity contribution is 5.08. The van der Waals surface area contributed by atoms with E-state index in [-0.39, 0.29) is 5.76 Å². The number of aliphatic hydroxyl groups excluding tert-OH is 9. The fourth-order valence-electron chi connectivity index (χ4n) is 4.91. The lowest BCUT2D eigenvalue weighted by atomic mass is 9.98. The Morgan fingerprint density at radius 1 is 0.500 bits per heavy atom. The van der Waals surface area contributed by atoms with Gasteiger partial charge in [-0.2, -0.15) is 0 Å². The molecule has 0 aromatic heterocycles. The van der Waals surface area contributed by atoms with Gasteiger partial charge in [0.1, 0.15) is 61.0 Å². The van der Waals surface area contributed by atoms with Crippen LogP contribution in [0.15, 0.2) is 11.8 Å². The summed E-state index contributed by atoms with van der Waals surface area (Å²) < 4.78 is 39.4. The van der Waals surface area contributed by atoms with Crippen molar-refractivity contribution in [2.45, 2.75) is 138 Å². The Hall–Kier alpha value is -1.06. The van der Waals surface area contributed by atoms with E-state index in [2.05, 4.69) is 0 Å². The zero-order valence-corrected chi connectivity index (χ0v) is 22.4. The monoisotopic (exact) mass is 584 g/mol. The average Bonchev–Trinajstić information content (AvgIpc) is 2.90. The molecule has 9 N–H and O–H groups in total. The van der Waals surface area contributed by atoms with Crippen LogP contribution >= 0.6 is 0 Å². The van der Waals surface area contributed by atoms with Crippen molar-refractivity contribution in [1.29, 1.82) is 0 Å². The van der Waals surface area contributed by atoms with E-state index in [1.165, 1.54) is 26.8 Å². The lowest BCUT2D eigenvalue weighted by molar-refractivity contribution is -0.368. The lowest BCUT2D eigenvalue weighted by Crippen LogP contribution is -2.63. The molecule has 16 nitrogen and oxygen atoms in total. The van der Waals surface area contributed by atoms with Crippen LogP contribution in [0.2, 0.25) is 0 Å². The number of ether oxygens (including phenoxy) is 7. The molecule has 18 atom stereocenters. The van der Waals surface area contributed by atoms with E-state index < -0.39 is 111 Å². The van der Waals surface area contributed by atoms with Gasteiger partial charge in [0.05, 0.1) is 24.4 Å². The topological polar surface area (TPSA) is 247 Å². The molecule has 232 valence electrons. The maximum atomic E-state index is 10.8. The molecule has 0 spiro atoms. The van der Waals surface area contributed by atoms with Gasteiger partial charge in [-0.15, -0.1) is 0 Å². The van der Waals surface area contributed by atoms with E-state index >= 15 is 0 Å². The van der Waals surface area contributed by atoms with Gasteiger partial charge in [0.25, 0.3) is 0 Å². The number of rotatable bonds is 6. The highest BCUT2D eigenvalue weighted by atomic mass is 16.8. The average molecular weight is 585 g/mol. The van der Waals surface area contributed by atoms with Crippen molar-refractivity contribution in [1.82, 2.24) is 0 Å². The van der Waals surface area contributed by atoms with Crippen molar-refractivity contribution in [2.75, 3.05) is 0 Å². The first kappa shape index (κ1) is 31.9. The molecule has 4 heterocycles. The molecule has 0 aromatic rings. The summed E-state index contributed by atoms with van der Waals surface area (Å²) in [7, 11) is 0. The van der Waals surface area contributed by atoms with Gasteiger partial charge >= 0.3 is 0 Å². The molecule has 0 unspecified atom stereocenters. The predicted octanol–water partition coefficient (Wildman–Crippen LogP) is -4.48. The molecule has 4 rings (SSSR count). The van der Waals surface area contributed by atoms with Crippen molar-refractivity contribution >= 4 is 0 Å². The quantitative estimate of drug-likeness (QED) is 0.143. The zero-order valence-electron chi connectivity index (χ0n) is 22.4. The minimum atomic E-state index is -1.71. The Kier molecular flexibility index (Phi) is 10.1. The minimum absolute atomic E-state index is 0.248. The molecule has 0 aromatic carbocycles. The third kappa shape index (κ3) is 6.31. The fourth-order valence-corrected chi connectivity index (χ4v) is 4.91. The maximum Gasteiger partial charge on any atom is 0.228 e. The second-order valence-electron chi connectivity index (χ2n) is 10.6. The second-order valence-corrected chi connectivity index (χ2v) is 10.6. The van der Waals surface area contributed by atoms with E-state index in [0.717, 1.165) is 0 Å². The normalized spacial score (nSPS) is 54.1. The van der Waals surface area contributed by atoms with Gasteiger partial charge in [-0.05, 0) is 33.8 Å². The summed E-state index contributed by atoms with van der Waals surface area (Å²) in [5, 5.41) is 92.3. The number of aliphatic hydroxyl groups is 9. The Bertz CT molecular complexity index is 876. The zero-order chi connectivity index (χ0) is 29.6. The molecule has 0 bridgehead atoms. The van der Waals surface area contributed by atoms with Gasteiger partial charge in [0.2, 0.25) is 12.6 Å². The molecular formula is C24H40O16. The third-order valence-corrected chi connectivity index (χ3v) is 7.61. The second kappa shape index (κ2) is 12.7. The number of hydrogen-bond donors (Lipinski definition) is 9. The van der Waals surface area contributed by atoms with Gasteiger partial charge in [-0.25, -0.2) is 0 Å². The molecule has 4 aliphatic heterocycles. The van der Waals surface area contributed by atoms with E-state index in [1.807, 2.05) is 0 Å². The van der Waals surface area contributed by atoms with Crippen LogP contribution < -0.4 is 0 Å². The van der Waals surface area contributed by atoms with Crippen LogP contribution in [0.4, 0.5) is 0 Å². The van der Waals surface area contributed by atoms with E-state index in [1.54, 1.807) is 6.92 Å². The Labute approximate surface area is 229 Å². The molecular weight excluding hydrogens is 544 g/mol. The lowest BCUT2D eigenvalue weighted by Gasteiger charge is -2.46. The van der Waals surface area contributed by atoms with Gasteiger partial charge in [0, 0.05) is 0 Å². The summed E-state index contributed by atoms with van der Waals surface area (Å²) in [4.78, 5) is 0. The largest absolute Gasteiger partial charge is 0.461 e. The Balaban J connectivity index is 1.52. The van der Waals surface area contributed by atoms with E-state index in [4.69, 9.17) is 33.2 Å². The van der Waals surface area contributed by atoms with Crippen LogP contribution in [-0.2, 0) is 33.2 Å². The number of hydrogen-bond acceptors (Lipinski definition) is 16. The molecule has 0 saturated carbocycles. The minimum Gasteiger partial charge on any atom is -0.461 e. The van der Waals surface area contributed by atoms with Crippen LogP contribution in [0, 0.1) is 0 Å². The highest BCUT2D eigenvalue weighted by Gasteiger charge is 2.51. The molecule has 40 heavy (non-hydrogen) atoms. The molecule has 0 aliphatic carbocycles. The van der Waals surface area contributed by atoms with E-state index in [0.29, 0.717) is 0 Å². The van der Waals surface area contributed by atoms with Crippen LogP contribution in [-0.4, -0.2) is 157 Å². The first-order valence-corrected chi connectivity index (χ1v) is 13.1. The molecule has 0 amide bonds. The predicted molar refractivity (Wildman–Crippen MR) is 127 cm³/mol. The van der Waals surface area contributed by atoms with Crippen LogP contribution in [0.1, 0.15) is 27.7 Å². The summed E-state index contributed by atoms with van der Waals surface area (Å²) in [6.45, 7) is 5.93. The van der Waals surface area contributed by atoms with Crippen molar-refractivity contribution in [3.8, 4) is 0 Å².